The molecule has 4 heterocycles. The first-order valence-corrected chi connectivity index (χ1v) is 21.9. The first kappa shape index (κ1) is 46.3. The number of pyridine rings is 1. The van der Waals surface area contributed by atoms with E-state index in [2.05, 4.69) is 30.8 Å². The number of aryl methyl sites for hydroxylation is 1. The number of aromatic nitrogens is 2. The number of halogens is 1. The molecule has 15 nitrogen and oxygen atoms in total. The molecule has 2 aliphatic heterocycles. The third-order valence-corrected chi connectivity index (χ3v) is 12.3. The Morgan fingerprint density at radius 3 is 2.38 bits per heavy atom. The third-order valence-electron chi connectivity index (χ3n) is 11.4. The van der Waals surface area contributed by atoms with E-state index in [-0.39, 0.29) is 47.7 Å². The van der Waals surface area contributed by atoms with Crippen LogP contribution in [0, 0.1) is 17.7 Å². The van der Waals surface area contributed by atoms with Crippen molar-refractivity contribution in [2.75, 3.05) is 43.6 Å². The van der Waals surface area contributed by atoms with Crippen LogP contribution < -0.4 is 31.3 Å². The molecule has 4 aromatic rings. The van der Waals surface area contributed by atoms with Crippen LogP contribution in [0.3, 0.4) is 0 Å². The fourth-order valence-electron chi connectivity index (χ4n) is 7.77. The lowest BCUT2D eigenvalue weighted by Gasteiger charge is -2.36. The summed E-state index contributed by atoms with van der Waals surface area (Å²) in [5.74, 6) is -2.01. The second-order valence-corrected chi connectivity index (χ2v) is 17.7. The van der Waals surface area contributed by atoms with Crippen molar-refractivity contribution in [2.45, 2.75) is 84.5 Å². The Morgan fingerprint density at radius 1 is 1.02 bits per heavy atom. The molecule has 3 atom stereocenters. The molecule has 0 aliphatic carbocycles. The summed E-state index contributed by atoms with van der Waals surface area (Å²) in [6.07, 6.45) is 2.80. The van der Waals surface area contributed by atoms with Crippen LogP contribution in [0.2, 0.25) is 0 Å². The molecule has 0 bridgehead atoms. The van der Waals surface area contributed by atoms with Gasteiger partial charge in [-0.3, -0.25) is 19.2 Å². The summed E-state index contributed by atoms with van der Waals surface area (Å²) < 4.78 is 25.5. The average Bonchev–Trinajstić information content (AvgIpc) is 3.96. The van der Waals surface area contributed by atoms with Gasteiger partial charge in [-0.15, -0.1) is 11.3 Å². The van der Waals surface area contributed by atoms with Gasteiger partial charge in [-0.1, -0.05) is 51.1 Å². The summed E-state index contributed by atoms with van der Waals surface area (Å²) in [6.45, 7) is 11.1. The summed E-state index contributed by atoms with van der Waals surface area (Å²) in [6, 6.07) is 16.1. The number of piperidine rings is 1. The lowest BCUT2D eigenvalue weighted by Crippen LogP contribution is -2.58. The van der Waals surface area contributed by atoms with Crippen molar-refractivity contribution in [3.8, 4) is 16.2 Å². The van der Waals surface area contributed by atoms with Gasteiger partial charge in [0.1, 0.15) is 30.1 Å². The maximum absolute atomic E-state index is 14.1. The number of nitrogens with two attached hydrogens (primary N) is 1. The van der Waals surface area contributed by atoms with Crippen LogP contribution in [-0.2, 0) is 19.1 Å². The average molecular weight is 882 g/mol. The Morgan fingerprint density at radius 2 is 1.73 bits per heavy atom. The van der Waals surface area contributed by atoms with E-state index in [0.717, 1.165) is 27.4 Å². The Kier molecular flexibility index (Phi) is 14.9. The number of ether oxygens (including phenoxy) is 2. The number of anilines is 2. The molecular formula is C46H56FN9O6S. The molecule has 2 aromatic heterocycles. The molecular weight excluding hydrogens is 826 g/mol. The minimum atomic E-state index is -0.959. The lowest BCUT2D eigenvalue weighted by atomic mass is 9.85. The zero-order valence-electron chi connectivity index (χ0n) is 36.5. The molecule has 63 heavy (non-hydrogen) atoms. The standard InChI is InChI=1S/C46H56FN9O6S/c1-27(29-12-14-30(15-13-29)41-28(2)50-26-63-41)51-44(59)37-11-8-20-56(37)45(60)42(46(3,4)5)54-39(57)25-62-32-18-21-55(22-19-32)31-16-17-34(38(23-31)61-6)53-43(58)36-10-7-9-35(52-36)40(49)33(47)24-48/h7,9-10,12-17,23-24,26-27,32,37,42,48H,8,11,18-22,25,49H2,1-6H3,(H,51,59)(H,53,58)(H,54,57)/b40-33+,48-24?/t27-,37-,42+/m0/s1. The number of likely N-dealkylation sites (tertiary alicyclic amines) is 1. The van der Waals surface area contributed by atoms with Gasteiger partial charge in [0.05, 0.1) is 58.6 Å². The molecule has 6 N–H and O–H groups in total. The molecule has 2 aliphatic rings. The van der Waals surface area contributed by atoms with Gasteiger partial charge in [0.15, 0.2) is 5.83 Å². The number of carbonyl (C=O) groups is 4. The van der Waals surface area contributed by atoms with Gasteiger partial charge < -0.3 is 46.4 Å². The number of hydrogen-bond acceptors (Lipinski definition) is 12. The number of methoxy groups -OCH3 is 1. The van der Waals surface area contributed by atoms with Crippen molar-refractivity contribution in [3.63, 3.8) is 0 Å². The van der Waals surface area contributed by atoms with E-state index in [1.807, 2.05) is 76.5 Å². The van der Waals surface area contributed by atoms with E-state index in [0.29, 0.717) is 63.0 Å². The summed E-state index contributed by atoms with van der Waals surface area (Å²) in [7, 11) is 1.50. The van der Waals surface area contributed by atoms with E-state index in [9.17, 15) is 23.6 Å². The van der Waals surface area contributed by atoms with Crippen molar-refractivity contribution in [2.24, 2.45) is 11.1 Å². The highest BCUT2D eigenvalue weighted by atomic mass is 32.1. The molecule has 0 radical (unpaired) electrons. The molecule has 0 spiro atoms. The molecule has 6 rings (SSSR count). The highest BCUT2D eigenvalue weighted by molar-refractivity contribution is 7.13. The predicted octanol–water partition coefficient (Wildman–Crippen LogP) is 6.41. The Labute approximate surface area is 371 Å². The van der Waals surface area contributed by atoms with Crippen LogP contribution in [-0.4, -0.2) is 96.2 Å². The SMILES string of the molecule is COc1cc(N2CCC(OCC(=O)N[C@H](C(=O)N3CCC[C@H]3C(=O)N[C@@H](C)c3ccc(-c4scnc4C)cc3)C(C)(C)C)CC2)ccc1NC(=O)c1cccc(/C(N)=C(\F)C=N)n1. The molecule has 2 saturated heterocycles. The largest absolute Gasteiger partial charge is 0.494 e. The molecule has 2 aromatic carbocycles. The van der Waals surface area contributed by atoms with Crippen LogP contribution in [0.25, 0.3) is 16.1 Å². The number of hydrogen-bond donors (Lipinski definition) is 5. The fraction of sp³-hybridized carbons (Fsp3) is 0.413. The van der Waals surface area contributed by atoms with Crippen LogP contribution in [0.5, 0.6) is 5.75 Å². The molecule has 334 valence electrons. The maximum atomic E-state index is 14.1. The number of nitrogens with zero attached hydrogens (tertiary/aromatic N) is 4. The van der Waals surface area contributed by atoms with E-state index in [1.165, 1.54) is 25.3 Å². The number of rotatable bonds is 15. The Hall–Kier alpha value is -6.20. The molecule has 0 saturated carbocycles. The second-order valence-electron chi connectivity index (χ2n) is 16.8. The highest BCUT2D eigenvalue weighted by Crippen LogP contribution is 2.33. The number of thiazole rings is 1. The summed E-state index contributed by atoms with van der Waals surface area (Å²) in [5, 5.41) is 15.9. The van der Waals surface area contributed by atoms with Gasteiger partial charge in [-0.25, -0.2) is 14.4 Å². The monoisotopic (exact) mass is 881 g/mol. The summed E-state index contributed by atoms with van der Waals surface area (Å²) in [4.78, 5) is 67.6. The van der Waals surface area contributed by atoms with Gasteiger partial charge in [0, 0.05) is 31.4 Å². The minimum Gasteiger partial charge on any atom is -0.494 e. The Balaban J connectivity index is 0.987. The number of allylic oxidation sites excluding steroid dienone is 1. The fourth-order valence-corrected chi connectivity index (χ4v) is 8.58. The number of nitrogens with one attached hydrogen (secondary N) is 4. The van der Waals surface area contributed by atoms with Gasteiger partial charge in [0.2, 0.25) is 17.7 Å². The van der Waals surface area contributed by atoms with Crippen molar-refractivity contribution in [3.05, 3.63) is 94.6 Å². The second kappa shape index (κ2) is 20.3. The van der Waals surface area contributed by atoms with Crippen LogP contribution in [0.1, 0.15) is 86.9 Å². The third kappa shape index (κ3) is 11.3. The summed E-state index contributed by atoms with van der Waals surface area (Å²) >= 11 is 1.59. The van der Waals surface area contributed by atoms with Gasteiger partial charge in [-0.2, -0.15) is 0 Å². The van der Waals surface area contributed by atoms with Crippen LogP contribution >= 0.6 is 11.3 Å². The molecule has 17 heteroatoms. The van der Waals surface area contributed by atoms with E-state index >= 15 is 0 Å². The normalized spacial score (nSPS) is 17.0. The predicted molar refractivity (Wildman–Crippen MR) is 242 cm³/mol. The van der Waals surface area contributed by atoms with Crippen molar-refractivity contribution in [1.29, 1.82) is 5.41 Å². The van der Waals surface area contributed by atoms with Crippen molar-refractivity contribution < 1.29 is 33.0 Å². The van der Waals surface area contributed by atoms with Gasteiger partial charge in [-0.05, 0) is 80.3 Å². The van der Waals surface area contributed by atoms with Crippen LogP contribution in [0.15, 0.2) is 72.0 Å². The molecule has 2 fully saturated rings. The zero-order valence-corrected chi connectivity index (χ0v) is 37.3. The number of carbonyl (C=O) groups excluding carboxylic acids is 4. The maximum Gasteiger partial charge on any atom is 0.274 e. The van der Waals surface area contributed by atoms with E-state index in [4.69, 9.17) is 20.6 Å². The van der Waals surface area contributed by atoms with E-state index < -0.39 is 35.1 Å². The van der Waals surface area contributed by atoms with Gasteiger partial charge >= 0.3 is 0 Å². The zero-order chi connectivity index (χ0) is 45.4. The molecule has 4 amide bonds. The first-order valence-electron chi connectivity index (χ1n) is 21.0. The van der Waals surface area contributed by atoms with Crippen molar-refractivity contribution in [1.82, 2.24) is 25.5 Å². The number of benzene rings is 2. The molecule has 0 unspecified atom stereocenters. The van der Waals surface area contributed by atoms with Crippen molar-refractivity contribution >= 4 is 58.3 Å². The topological polar surface area (TPSA) is 205 Å². The first-order chi connectivity index (χ1) is 30.1. The number of amides is 4. The quantitative estimate of drug-likeness (QED) is 0.0831. The summed E-state index contributed by atoms with van der Waals surface area (Å²) in [5.41, 5.74) is 10.9. The highest BCUT2D eigenvalue weighted by Gasteiger charge is 2.42. The van der Waals surface area contributed by atoms with Gasteiger partial charge in [0.25, 0.3) is 5.91 Å². The lowest BCUT2D eigenvalue weighted by molar-refractivity contribution is -0.145. The van der Waals surface area contributed by atoms with Crippen LogP contribution in [0.4, 0.5) is 15.8 Å². The minimum absolute atomic E-state index is 0.00231. The Bertz CT molecular complexity index is 2340. The van der Waals surface area contributed by atoms with E-state index in [1.54, 1.807) is 22.3 Å². The smallest absolute Gasteiger partial charge is 0.274 e.